The van der Waals surface area contributed by atoms with Gasteiger partial charge in [0.25, 0.3) is 5.69 Å². The lowest BCUT2D eigenvalue weighted by Gasteiger charge is -1.96. The van der Waals surface area contributed by atoms with Crippen LogP contribution in [0, 0.1) is 10.1 Å². The second-order valence-electron chi connectivity index (χ2n) is 3.48. The lowest BCUT2D eigenvalue weighted by atomic mass is 10.3. The molecule has 0 N–H and O–H groups in total. The first-order valence-electron chi connectivity index (χ1n) is 5.55. The number of non-ortho nitro benzene ring substituents is 1. The van der Waals surface area contributed by atoms with Gasteiger partial charge in [0.05, 0.1) is 25.2 Å². The second-order valence-corrected chi connectivity index (χ2v) is 3.48. The van der Waals surface area contributed by atoms with Crippen molar-refractivity contribution in [1.82, 2.24) is 0 Å². The molecule has 0 heterocycles. The van der Waals surface area contributed by atoms with Crippen LogP contribution in [0.25, 0.3) is 0 Å². The number of para-hydroxylation sites is 1. The Labute approximate surface area is 111 Å². The summed E-state index contributed by atoms with van der Waals surface area (Å²) in [6.45, 7) is 0. The zero-order valence-electron chi connectivity index (χ0n) is 10.8. The standard InChI is InChI=1S/C7H7NO3.C7H8O/c1-11-7-4-2-3-6(5-7)8(9)10;1-8-7-5-3-2-4-6-7/h2-5H,1H3;2-6H,1H3. The van der Waals surface area contributed by atoms with Crippen molar-refractivity contribution in [2.45, 2.75) is 0 Å². The van der Waals surface area contributed by atoms with Crippen LogP contribution < -0.4 is 9.47 Å². The Bertz CT molecular complexity index is 514. The molecule has 0 unspecified atom stereocenters. The minimum absolute atomic E-state index is 0.0457. The highest BCUT2D eigenvalue weighted by Gasteiger charge is 2.04. The Morgan fingerprint density at radius 1 is 0.895 bits per heavy atom. The van der Waals surface area contributed by atoms with Crippen molar-refractivity contribution in [3.05, 3.63) is 64.7 Å². The fourth-order valence-corrected chi connectivity index (χ4v) is 1.28. The third kappa shape index (κ3) is 5.08. The first-order chi connectivity index (χ1) is 9.17. The van der Waals surface area contributed by atoms with Crippen LogP contribution >= 0.6 is 0 Å². The van der Waals surface area contributed by atoms with E-state index < -0.39 is 4.92 Å². The van der Waals surface area contributed by atoms with E-state index >= 15 is 0 Å². The van der Waals surface area contributed by atoms with E-state index in [-0.39, 0.29) is 5.69 Å². The van der Waals surface area contributed by atoms with Crippen molar-refractivity contribution < 1.29 is 14.4 Å². The number of benzene rings is 2. The lowest BCUT2D eigenvalue weighted by Crippen LogP contribution is -1.88. The Balaban J connectivity index is 0.000000200. The van der Waals surface area contributed by atoms with E-state index in [0.717, 1.165) is 5.75 Å². The van der Waals surface area contributed by atoms with Crippen molar-refractivity contribution in [3.8, 4) is 11.5 Å². The van der Waals surface area contributed by atoms with Gasteiger partial charge in [0.2, 0.25) is 0 Å². The number of rotatable bonds is 3. The molecule has 100 valence electrons. The molecule has 2 rings (SSSR count). The number of nitro benzene ring substituents is 1. The van der Waals surface area contributed by atoms with Gasteiger partial charge in [0.1, 0.15) is 11.5 Å². The topological polar surface area (TPSA) is 61.6 Å². The molecule has 0 aliphatic heterocycles. The minimum Gasteiger partial charge on any atom is -0.497 e. The molecule has 0 amide bonds. The maximum absolute atomic E-state index is 10.2. The van der Waals surface area contributed by atoms with Crippen LogP contribution in [-0.4, -0.2) is 19.1 Å². The van der Waals surface area contributed by atoms with E-state index in [9.17, 15) is 10.1 Å². The number of hydrogen-bond acceptors (Lipinski definition) is 4. The molecule has 2 aromatic rings. The molecule has 0 aliphatic rings. The number of methoxy groups -OCH3 is 2. The van der Waals surface area contributed by atoms with Gasteiger partial charge < -0.3 is 9.47 Å². The average molecular weight is 261 g/mol. The SMILES string of the molecule is COc1cccc([N+](=O)[O-])c1.COc1ccccc1. The van der Waals surface area contributed by atoms with Crippen molar-refractivity contribution in [3.63, 3.8) is 0 Å². The van der Waals surface area contributed by atoms with Crippen molar-refractivity contribution in [1.29, 1.82) is 0 Å². The summed E-state index contributed by atoms with van der Waals surface area (Å²) in [5.41, 5.74) is 0.0457. The second kappa shape index (κ2) is 7.71. The zero-order valence-corrected chi connectivity index (χ0v) is 10.8. The van der Waals surface area contributed by atoms with Crippen LogP contribution in [0.3, 0.4) is 0 Å². The van der Waals surface area contributed by atoms with Crippen LogP contribution in [-0.2, 0) is 0 Å². The highest BCUT2D eigenvalue weighted by atomic mass is 16.6. The molecule has 0 saturated heterocycles. The molecule has 0 atom stereocenters. The van der Waals surface area contributed by atoms with Gasteiger partial charge in [-0.15, -0.1) is 0 Å². The van der Waals surface area contributed by atoms with Gasteiger partial charge in [-0.2, -0.15) is 0 Å². The molecule has 0 radical (unpaired) electrons. The van der Waals surface area contributed by atoms with E-state index in [1.54, 1.807) is 19.2 Å². The molecular weight excluding hydrogens is 246 g/mol. The van der Waals surface area contributed by atoms with Crippen LogP contribution in [0.1, 0.15) is 0 Å². The summed E-state index contributed by atoms with van der Waals surface area (Å²) in [4.78, 5) is 9.76. The molecule has 0 fully saturated rings. The molecule has 2 aromatic carbocycles. The molecule has 0 saturated carbocycles. The highest BCUT2D eigenvalue weighted by Crippen LogP contribution is 2.17. The van der Waals surface area contributed by atoms with Gasteiger partial charge in [0, 0.05) is 6.07 Å². The summed E-state index contributed by atoms with van der Waals surface area (Å²) >= 11 is 0. The zero-order chi connectivity index (χ0) is 14.1. The van der Waals surface area contributed by atoms with Crippen molar-refractivity contribution in [2.75, 3.05) is 14.2 Å². The van der Waals surface area contributed by atoms with Gasteiger partial charge in [-0.1, -0.05) is 24.3 Å². The van der Waals surface area contributed by atoms with Gasteiger partial charge in [-0.3, -0.25) is 10.1 Å². The Morgan fingerprint density at radius 2 is 1.47 bits per heavy atom. The van der Waals surface area contributed by atoms with Crippen molar-refractivity contribution in [2.24, 2.45) is 0 Å². The monoisotopic (exact) mass is 261 g/mol. The summed E-state index contributed by atoms with van der Waals surface area (Å²) in [7, 11) is 3.13. The first-order valence-corrected chi connectivity index (χ1v) is 5.55. The third-order valence-electron chi connectivity index (χ3n) is 2.24. The minimum atomic E-state index is -0.456. The molecule has 5 heteroatoms. The van der Waals surface area contributed by atoms with Gasteiger partial charge in [-0.25, -0.2) is 0 Å². The first kappa shape index (κ1) is 14.5. The number of nitrogens with zero attached hydrogens (tertiary/aromatic N) is 1. The molecule has 0 bridgehead atoms. The quantitative estimate of drug-likeness (QED) is 0.628. The van der Waals surface area contributed by atoms with Crippen molar-refractivity contribution >= 4 is 5.69 Å². The molecule has 0 aromatic heterocycles. The summed E-state index contributed by atoms with van der Waals surface area (Å²) < 4.78 is 9.71. The predicted molar refractivity (Wildman–Crippen MR) is 72.6 cm³/mol. The van der Waals surface area contributed by atoms with Gasteiger partial charge >= 0.3 is 0 Å². The number of ether oxygens (including phenoxy) is 2. The van der Waals surface area contributed by atoms with Crippen LogP contribution in [0.2, 0.25) is 0 Å². The summed E-state index contributed by atoms with van der Waals surface area (Å²) in [5, 5.41) is 10.2. The van der Waals surface area contributed by atoms with Crippen LogP contribution in [0.4, 0.5) is 5.69 Å². The molecule has 19 heavy (non-hydrogen) atoms. The Morgan fingerprint density at radius 3 is 1.95 bits per heavy atom. The summed E-state index contributed by atoms with van der Waals surface area (Å²) in [5.74, 6) is 1.41. The largest absolute Gasteiger partial charge is 0.497 e. The van der Waals surface area contributed by atoms with E-state index in [2.05, 4.69) is 0 Å². The smallest absolute Gasteiger partial charge is 0.273 e. The average Bonchev–Trinajstić information content (AvgIpc) is 2.48. The van der Waals surface area contributed by atoms with E-state index in [1.165, 1.54) is 19.2 Å². The maximum Gasteiger partial charge on any atom is 0.273 e. The Hall–Kier alpha value is -2.56. The molecule has 0 aliphatic carbocycles. The van der Waals surface area contributed by atoms with Crippen LogP contribution in [0.5, 0.6) is 11.5 Å². The molecular formula is C14H15NO4. The summed E-state index contributed by atoms with van der Waals surface area (Å²) in [6, 6.07) is 15.7. The normalized spacial score (nSPS) is 8.95. The molecule has 5 nitrogen and oxygen atoms in total. The maximum atomic E-state index is 10.2. The summed E-state index contributed by atoms with van der Waals surface area (Å²) in [6.07, 6.45) is 0. The fraction of sp³-hybridized carbons (Fsp3) is 0.143. The van der Waals surface area contributed by atoms with E-state index in [4.69, 9.17) is 9.47 Å². The van der Waals surface area contributed by atoms with Gasteiger partial charge in [0.15, 0.2) is 0 Å². The fourth-order valence-electron chi connectivity index (χ4n) is 1.28. The third-order valence-corrected chi connectivity index (χ3v) is 2.24. The Kier molecular flexibility index (Phi) is 5.88. The number of hydrogen-bond donors (Lipinski definition) is 0. The number of nitro groups is 1. The predicted octanol–water partition coefficient (Wildman–Crippen LogP) is 3.30. The van der Waals surface area contributed by atoms with E-state index in [1.807, 2.05) is 30.3 Å². The van der Waals surface area contributed by atoms with Crippen LogP contribution in [0.15, 0.2) is 54.6 Å². The molecule has 0 spiro atoms. The van der Waals surface area contributed by atoms with Gasteiger partial charge in [-0.05, 0) is 18.2 Å². The lowest BCUT2D eigenvalue weighted by molar-refractivity contribution is -0.384. The highest BCUT2D eigenvalue weighted by molar-refractivity contribution is 5.37. The van der Waals surface area contributed by atoms with E-state index in [0.29, 0.717) is 5.75 Å².